The van der Waals surface area contributed by atoms with Gasteiger partial charge in [-0.3, -0.25) is 4.79 Å². The lowest BCUT2D eigenvalue weighted by molar-refractivity contribution is -0.121. The topological polar surface area (TPSA) is 92.4 Å². The van der Waals surface area contributed by atoms with Crippen molar-refractivity contribution in [1.82, 2.24) is 5.32 Å². The lowest BCUT2D eigenvalue weighted by Gasteiger charge is -2.11. The maximum absolute atomic E-state index is 11.2. The number of carboxylic acid groups (broad SMARTS) is 1. The lowest BCUT2D eigenvalue weighted by atomic mass is 10.0. The third-order valence-electron chi connectivity index (χ3n) is 2.27. The summed E-state index contributed by atoms with van der Waals surface area (Å²) in [6.07, 6.45) is 0.210. The molecule has 1 atom stereocenters. The summed E-state index contributed by atoms with van der Waals surface area (Å²) in [6, 6.07) is 5.78. The Hall–Kier alpha value is -1.88. The van der Waals surface area contributed by atoms with Crippen molar-refractivity contribution in [1.29, 1.82) is 0 Å². The van der Waals surface area contributed by atoms with Gasteiger partial charge in [0.1, 0.15) is 0 Å². The third kappa shape index (κ3) is 2.80. The predicted octanol–water partition coefficient (Wildman–Crippen LogP) is 0.000600. The Morgan fingerprint density at radius 2 is 2.06 bits per heavy atom. The van der Waals surface area contributed by atoms with Gasteiger partial charge in [-0.05, 0) is 18.1 Å². The summed E-state index contributed by atoms with van der Waals surface area (Å²) in [5.41, 5.74) is 6.37. The van der Waals surface area contributed by atoms with Gasteiger partial charge >= 0.3 is 5.97 Å². The fourth-order valence-electron chi connectivity index (χ4n) is 1.42. The molecular formula is C11H14N2O3. The molecule has 1 aromatic carbocycles. The Morgan fingerprint density at radius 3 is 2.62 bits per heavy atom. The fraction of sp³-hybridized carbons (Fsp3) is 0.273. The number of aromatic carboxylic acids is 1. The zero-order valence-corrected chi connectivity index (χ0v) is 8.93. The van der Waals surface area contributed by atoms with E-state index in [0.29, 0.717) is 5.56 Å². The molecule has 0 spiro atoms. The average Bonchev–Trinajstić information content (AvgIpc) is 2.28. The Labute approximate surface area is 93.3 Å². The smallest absolute Gasteiger partial charge is 0.335 e. The van der Waals surface area contributed by atoms with Gasteiger partial charge in [-0.1, -0.05) is 18.2 Å². The highest BCUT2D eigenvalue weighted by molar-refractivity contribution is 5.90. The van der Waals surface area contributed by atoms with Crippen molar-refractivity contribution in [2.24, 2.45) is 5.73 Å². The molecule has 0 unspecified atom stereocenters. The van der Waals surface area contributed by atoms with Crippen LogP contribution in [-0.4, -0.2) is 30.1 Å². The number of carbonyl (C=O) groups excluding carboxylic acids is 1. The van der Waals surface area contributed by atoms with Gasteiger partial charge in [0.2, 0.25) is 5.91 Å². The second-order valence-electron chi connectivity index (χ2n) is 3.39. The molecule has 0 aliphatic heterocycles. The molecule has 16 heavy (non-hydrogen) atoms. The molecule has 86 valence electrons. The van der Waals surface area contributed by atoms with E-state index in [0.717, 1.165) is 0 Å². The van der Waals surface area contributed by atoms with Crippen molar-refractivity contribution >= 4 is 11.9 Å². The zero-order chi connectivity index (χ0) is 12.1. The summed E-state index contributed by atoms with van der Waals surface area (Å²) >= 11 is 0. The summed E-state index contributed by atoms with van der Waals surface area (Å²) in [4.78, 5) is 22.1. The third-order valence-corrected chi connectivity index (χ3v) is 2.27. The Morgan fingerprint density at radius 1 is 1.44 bits per heavy atom. The van der Waals surface area contributed by atoms with Crippen molar-refractivity contribution in [2.45, 2.75) is 12.5 Å². The molecule has 0 saturated carbocycles. The van der Waals surface area contributed by atoms with Crippen molar-refractivity contribution in [2.75, 3.05) is 7.05 Å². The molecule has 4 N–H and O–H groups in total. The fourth-order valence-corrected chi connectivity index (χ4v) is 1.42. The van der Waals surface area contributed by atoms with Crippen molar-refractivity contribution in [3.05, 3.63) is 35.4 Å². The van der Waals surface area contributed by atoms with Crippen LogP contribution in [0.4, 0.5) is 0 Å². The van der Waals surface area contributed by atoms with Crippen LogP contribution in [0.3, 0.4) is 0 Å². The van der Waals surface area contributed by atoms with E-state index in [9.17, 15) is 9.59 Å². The van der Waals surface area contributed by atoms with E-state index < -0.39 is 12.0 Å². The van der Waals surface area contributed by atoms with Crippen LogP contribution in [0, 0.1) is 0 Å². The number of nitrogens with one attached hydrogen (secondary N) is 1. The van der Waals surface area contributed by atoms with Crippen LogP contribution in [0.25, 0.3) is 0 Å². The second kappa shape index (κ2) is 5.27. The lowest BCUT2D eigenvalue weighted by Crippen LogP contribution is -2.40. The molecule has 1 rings (SSSR count). The van der Waals surface area contributed by atoms with Gasteiger partial charge in [0.15, 0.2) is 0 Å². The van der Waals surface area contributed by atoms with Crippen LogP contribution >= 0.6 is 0 Å². The summed E-state index contributed by atoms with van der Waals surface area (Å²) in [5.74, 6) is -1.32. The molecule has 5 heteroatoms. The quantitative estimate of drug-likeness (QED) is 0.668. The number of rotatable bonds is 4. The first-order valence-corrected chi connectivity index (χ1v) is 4.84. The van der Waals surface area contributed by atoms with Crippen molar-refractivity contribution < 1.29 is 14.7 Å². The summed E-state index contributed by atoms with van der Waals surface area (Å²) in [7, 11) is 1.49. The highest BCUT2D eigenvalue weighted by Gasteiger charge is 2.16. The molecule has 0 aliphatic rings. The maximum Gasteiger partial charge on any atom is 0.335 e. The molecule has 5 nitrogen and oxygen atoms in total. The first-order valence-electron chi connectivity index (χ1n) is 4.84. The summed E-state index contributed by atoms with van der Waals surface area (Å²) < 4.78 is 0. The highest BCUT2D eigenvalue weighted by Crippen LogP contribution is 2.10. The van der Waals surface area contributed by atoms with E-state index in [2.05, 4.69) is 5.32 Å². The Bertz CT molecular complexity index is 404. The normalized spacial score (nSPS) is 11.9. The van der Waals surface area contributed by atoms with E-state index in [-0.39, 0.29) is 17.9 Å². The number of nitrogens with two attached hydrogens (primary N) is 1. The molecule has 0 aromatic heterocycles. The number of likely N-dealkylation sites (N-methyl/N-ethyl adjacent to an activating group) is 1. The Kier molecular flexibility index (Phi) is 4.02. The summed E-state index contributed by atoms with van der Waals surface area (Å²) in [6.45, 7) is 0. The molecule has 0 saturated heterocycles. The standard InChI is InChI=1S/C11H14N2O3/c1-13-10(14)9(12)6-7-4-2-3-5-8(7)11(15)16/h2-5,9H,6,12H2,1H3,(H,13,14)(H,15,16)/t9-/m0/s1. The first-order chi connectivity index (χ1) is 7.56. The van der Waals surface area contributed by atoms with Gasteiger partial charge in [-0.2, -0.15) is 0 Å². The number of carbonyl (C=O) groups is 2. The SMILES string of the molecule is CNC(=O)[C@@H](N)Cc1ccccc1C(=O)O. The largest absolute Gasteiger partial charge is 0.478 e. The minimum absolute atomic E-state index is 0.182. The van der Waals surface area contributed by atoms with Crippen LogP contribution in [0.1, 0.15) is 15.9 Å². The summed E-state index contributed by atoms with van der Waals surface area (Å²) in [5, 5.41) is 11.4. The highest BCUT2D eigenvalue weighted by atomic mass is 16.4. The van der Waals surface area contributed by atoms with Gasteiger partial charge in [0, 0.05) is 7.05 Å². The van der Waals surface area contributed by atoms with E-state index in [1.807, 2.05) is 0 Å². The van der Waals surface area contributed by atoms with Gasteiger partial charge in [0.05, 0.1) is 11.6 Å². The van der Waals surface area contributed by atoms with Crippen LogP contribution in [0.5, 0.6) is 0 Å². The molecule has 0 bridgehead atoms. The second-order valence-corrected chi connectivity index (χ2v) is 3.39. The predicted molar refractivity (Wildman–Crippen MR) is 59.1 cm³/mol. The average molecular weight is 222 g/mol. The van der Waals surface area contributed by atoms with E-state index in [4.69, 9.17) is 10.8 Å². The van der Waals surface area contributed by atoms with E-state index in [1.165, 1.54) is 13.1 Å². The number of amides is 1. The number of hydrogen-bond donors (Lipinski definition) is 3. The minimum Gasteiger partial charge on any atom is -0.478 e. The molecule has 0 fully saturated rings. The van der Waals surface area contributed by atoms with Gasteiger partial charge in [0.25, 0.3) is 0 Å². The maximum atomic E-state index is 11.2. The van der Waals surface area contributed by atoms with Gasteiger partial charge in [-0.15, -0.1) is 0 Å². The molecular weight excluding hydrogens is 208 g/mol. The minimum atomic E-state index is -1.01. The van der Waals surface area contributed by atoms with E-state index >= 15 is 0 Å². The van der Waals surface area contributed by atoms with Gasteiger partial charge < -0.3 is 16.2 Å². The van der Waals surface area contributed by atoms with Crippen LogP contribution in [0.2, 0.25) is 0 Å². The van der Waals surface area contributed by atoms with Crippen LogP contribution < -0.4 is 11.1 Å². The van der Waals surface area contributed by atoms with Gasteiger partial charge in [-0.25, -0.2) is 4.79 Å². The molecule has 0 heterocycles. The number of hydrogen-bond acceptors (Lipinski definition) is 3. The Balaban J connectivity index is 2.88. The van der Waals surface area contributed by atoms with Crippen LogP contribution in [0.15, 0.2) is 24.3 Å². The first kappa shape index (κ1) is 12.2. The zero-order valence-electron chi connectivity index (χ0n) is 8.93. The van der Waals surface area contributed by atoms with Crippen LogP contribution in [-0.2, 0) is 11.2 Å². The molecule has 0 aliphatic carbocycles. The molecule has 1 aromatic rings. The molecule has 1 amide bonds. The molecule has 0 radical (unpaired) electrons. The van der Waals surface area contributed by atoms with Crippen molar-refractivity contribution in [3.8, 4) is 0 Å². The van der Waals surface area contributed by atoms with Crippen molar-refractivity contribution in [3.63, 3.8) is 0 Å². The van der Waals surface area contributed by atoms with E-state index in [1.54, 1.807) is 18.2 Å². The number of benzene rings is 1. The number of carboxylic acids is 1. The monoisotopic (exact) mass is 222 g/mol.